The van der Waals surface area contributed by atoms with Gasteiger partial charge in [0, 0.05) is 7.05 Å². The molecule has 1 aromatic heterocycles. The number of hydrogen-bond donors (Lipinski definition) is 0. The summed E-state index contributed by atoms with van der Waals surface area (Å²) in [5.41, 5.74) is 1.21. The molecule has 2 aromatic rings. The Kier molecular flexibility index (Phi) is 3.76. The monoisotopic (exact) mass is 323 g/mol. The molecular weight excluding hydrogens is 316 g/mol. The molecule has 0 aliphatic rings. The Hall–Kier alpha value is -2.00. The molecule has 0 saturated carbocycles. The van der Waals surface area contributed by atoms with E-state index in [0.717, 1.165) is 12.1 Å². The maximum atomic E-state index is 13.2. The first kappa shape index (κ1) is 13.4. The Morgan fingerprint density at radius 1 is 1.42 bits per heavy atom. The lowest BCUT2D eigenvalue weighted by Gasteiger charge is -2.02. The maximum Gasteiger partial charge on any atom is 0.159 e. The standard InChI is InChI=1S/C13H8BrF2N3/c1-19-13(10(14)7-18-19)5-9(6-17)8-2-3-11(15)12(16)4-8/h2-5,7H,1H3/b9-5+. The Labute approximate surface area is 116 Å². The number of aromatic nitrogens is 2. The lowest BCUT2D eigenvalue weighted by Crippen LogP contribution is -1.94. The second-order valence-electron chi connectivity index (χ2n) is 3.80. The molecule has 19 heavy (non-hydrogen) atoms. The van der Waals surface area contributed by atoms with Gasteiger partial charge in [-0.3, -0.25) is 4.68 Å². The van der Waals surface area contributed by atoms with Crippen LogP contribution in [0.5, 0.6) is 0 Å². The number of nitriles is 1. The van der Waals surface area contributed by atoms with Crippen molar-refractivity contribution in [1.29, 1.82) is 5.26 Å². The van der Waals surface area contributed by atoms with Crippen molar-refractivity contribution in [3.05, 3.63) is 51.8 Å². The van der Waals surface area contributed by atoms with Crippen molar-refractivity contribution >= 4 is 27.6 Å². The molecule has 0 unspecified atom stereocenters. The van der Waals surface area contributed by atoms with Crippen LogP contribution in [0.3, 0.4) is 0 Å². The molecule has 3 nitrogen and oxygen atoms in total. The van der Waals surface area contributed by atoms with E-state index in [-0.39, 0.29) is 5.57 Å². The fourth-order valence-electron chi connectivity index (χ4n) is 1.56. The van der Waals surface area contributed by atoms with Crippen molar-refractivity contribution in [2.24, 2.45) is 7.05 Å². The Morgan fingerprint density at radius 3 is 2.68 bits per heavy atom. The molecule has 0 aliphatic carbocycles. The summed E-state index contributed by atoms with van der Waals surface area (Å²) in [6.07, 6.45) is 3.15. The van der Waals surface area contributed by atoms with E-state index in [1.165, 1.54) is 6.07 Å². The summed E-state index contributed by atoms with van der Waals surface area (Å²) in [6.45, 7) is 0. The number of hydrogen-bond acceptors (Lipinski definition) is 2. The zero-order valence-corrected chi connectivity index (χ0v) is 11.4. The number of benzene rings is 1. The molecule has 2 rings (SSSR count). The molecule has 96 valence electrons. The maximum absolute atomic E-state index is 13.2. The van der Waals surface area contributed by atoms with Gasteiger partial charge in [0.25, 0.3) is 0 Å². The van der Waals surface area contributed by atoms with E-state index in [1.54, 1.807) is 24.0 Å². The average molecular weight is 324 g/mol. The van der Waals surface area contributed by atoms with Gasteiger partial charge < -0.3 is 0 Å². The number of aryl methyl sites for hydroxylation is 1. The molecule has 0 amide bonds. The highest BCUT2D eigenvalue weighted by Crippen LogP contribution is 2.23. The SMILES string of the molecule is Cn1ncc(Br)c1/C=C(\C#N)c1ccc(F)c(F)c1. The highest BCUT2D eigenvalue weighted by molar-refractivity contribution is 9.10. The van der Waals surface area contributed by atoms with Gasteiger partial charge in [-0.25, -0.2) is 8.78 Å². The van der Waals surface area contributed by atoms with Crippen molar-refractivity contribution in [1.82, 2.24) is 9.78 Å². The normalized spacial score (nSPS) is 11.4. The summed E-state index contributed by atoms with van der Waals surface area (Å²) in [4.78, 5) is 0. The minimum absolute atomic E-state index is 0.225. The molecule has 0 saturated heterocycles. The van der Waals surface area contributed by atoms with Gasteiger partial charge in [-0.1, -0.05) is 6.07 Å². The lowest BCUT2D eigenvalue weighted by atomic mass is 10.1. The number of halogens is 3. The predicted molar refractivity (Wildman–Crippen MR) is 70.8 cm³/mol. The van der Waals surface area contributed by atoms with Gasteiger partial charge in [-0.05, 0) is 39.7 Å². The van der Waals surface area contributed by atoms with Gasteiger partial charge in [-0.2, -0.15) is 10.4 Å². The van der Waals surface area contributed by atoms with Gasteiger partial charge in [0.15, 0.2) is 11.6 Å². The van der Waals surface area contributed by atoms with E-state index in [0.29, 0.717) is 15.7 Å². The molecular formula is C13H8BrF2N3. The van der Waals surface area contributed by atoms with E-state index in [4.69, 9.17) is 5.26 Å². The van der Waals surface area contributed by atoms with Crippen LogP contribution in [0.15, 0.2) is 28.9 Å². The molecule has 1 aromatic carbocycles. The zero-order chi connectivity index (χ0) is 14.0. The van der Waals surface area contributed by atoms with Gasteiger partial charge in [-0.15, -0.1) is 0 Å². The first-order valence-electron chi connectivity index (χ1n) is 5.27. The summed E-state index contributed by atoms with van der Waals surface area (Å²) in [5, 5.41) is 13.2. The van der Waals surface area contributed by atoms with Crippen LogP contribution in [0.25, 0.3) is 11.6 Å². The Bertz CT molecular complexity index is 679. The van der Waals surface area contributed by atoms with E-state index < -0.39 is 11.6 Å². The topological polar surface area (TPSA) is 41.6 Å². The van der Waals surface area contributed by atoms with Crippen molar-refractivity contribution in [2.75, 3.05) is 0 Å². The minimum Gasteiger partial charge on any atom is -0.267 e. The average Bonchev–Trinajstić information content (AvgIpc) is 2.70. The van der Waals surface area contributed by atoms with Crippen LogP contribution < -0.4 is 0 Å². The molecule has 0 bridgehead atoms. The highest BCUT2D eigenvalue weighted by Gasteiger charge is 2.09. The number of allylic oxidation sites excluding steroid dienone is 1. The van der Waals surface area contributed by atoms with Crippen LogP contribution in [0.2, 0.25) is 0 Å². The fraction of sp³-hybridized carbons (Fsp3) is 0.0769. The van der Waals surface area contributed by atoms with Gasteiger partial charge in [0.2, 0.25) is 0 Å². The third-order valence-corrected chi connectivity index (χ3v) is 3.18. The van der Waals surface area contributed by atoms with Crippen LogP contribution in [-0.2, 0) is 7.05 Å². The second-order valence-corrected chi connectivity index (χ2v) is 4.65. The van der Waals surface area contributed by atoms with Crippen LogP contribution >= 0.6 is 15.9 Å². The molecule has 0 aliphatic heterocycles. The minimum atomic E-state index is -0.984. The quantitative estimate of drug-likeness (QED) is 0.793. The molecule has 6 heteroatoms. The molecule has 1 heterocycles. The van der Waals surface area contributed by atoms with E-state index in [9.17, 15) is 8.78 Å². The molecule has 0 radical (unpaired) electrons. The van der Waals surface area contributed by atoms with Crippen molar-refractivity contribution in [3.63, 3.8) is 0 Å². The van der Waals surface area contributed by atoms with Gasteiger partial charge in [0.05, 0.1) is 28.0 Å². The lowest BCUT2D eigenvalue weighted by molar-refractivity contribution is 0.508. The molecule has 0 N–H and O–H groups in total. The number of nitrogens with zero attached hydrogens (tertiary/aromatic N) is 3. The summed E-state index contributed by atoms with van der Waals surface area (Å²) in [7, 11) is 1.72. The Morgan fingerprint density at radius 2 is 2.16 bits per heavy atom. The Balaban J connectivity index is 2.51. The highest BCUT2D eigenvalue weighted by atomic mass is 79.9. The largest absolute Gasteiger partial charge is 0.267 e. The van der Waals surface area contributed by atoms with Crippen LogP contribution in [0.4, 0.5) is 8.78 Å². The molecule has 0 fully saturated rings. The predicted octanol–water partition coefficient (Wildman–Crippen LogP) is 3.52. The van der Waals surface area contributed by atoms with Crippen LogP contribution in [0.1, 0.15) is 11.3 Å². The second kappa shape index (κ2) is 5.33. The smallest absolute Gasteiger partial charge is 0.159 e. The van der Waals surface area contributed by atoms with Crippen molar-refractivity contribution in [3.8, 4) is 6.07 Å². The summed E-state index contributed by atoms with van der Waals surface area (Å²) in [6, 6.07) is 5.32. The zero-order valence-electron chi connectivity index (χ0n) is 9.86. The first-order valence-corrected chi connectivity index (χ1v) is 6.07. The van der Waals surface area contributed by atoms with E-state index >= 15 is 0 Å². The first-order chi connectivity index (χ1) is 9.02. The summed E-state index contributed by atoms with van der Waals surface area (Å²) >= 11 is 3.30. The summed E-state index contributed by atoms with van der Waals surface area (Å²) < 4.78 is 28.3. The molecule has 0 spiro atoms. The van der Waals surface area contributed by atoms with Crippen LogP contribution in [0, 0.1) is 23.0 Å². The van der Waals surface area contributed by atoms with Crippen molar-refractivity contribution in [2.45, 2.75) is 0 Å². The summed E-state index contributed by atoms with van der Waals surface area (Å²) in [5.74, 6) is -1.93. The fourth-order valence-corrected chi connectivity index (χ4v) is 2.03. The molecule has 0 atom stereocenters. The van der Waals surface area contributed by atoms with Gasteiger partial charge >= 0.3 is 0 Å². The van der Waals surface area contributed by atoms with Gasteiger partial charge in [0.1, 0.15) is 0 Å². The van der Waals surface area contributed by atoms with E-state index in [2.05, 4.69) is 21.0 Å². The third kappa shape index (κ3) is 2.71. The van der Waals surface area contributed by atoms with Crippen LogP contribution in [-0.4, -0.2) is 9.78 Å². The number of rotatable bonds is 2. The van der Waals surface area contributed by atoms with Crippen molar-refractivity contribution < 1.29 is 8.78 Å². The third-order valence-electron chi connectivity index (χ3n) is 2.57. The van der Waals surface area contributed by atoms with E-state index in [1.807, 2.05) is 6.07 Å².